The molecule has 12 heteroatoms. The van der Waals surface area contributed by atoms with Crippen LogP contribution in [-0.4, -0.2) is 20.3 Å². The van der Waals surface area contributed by atoms with Gasteiger partial charge in [-0.3, -0.25) is 19.0 Å². The number of rotatable bonds is 4. The zero-order valence-corrected chi connectivity index (χ0v) is 17.7. The molecule has 0 saturated heterocycles. The van der Waals surface area contributed by atoms with Crippen molar-refractivity contribution in [3.8, 4) is 11.3 Å². The quantitative estimate of drug-likeness (QED) is 0.450. The maximum absolute atomic E-state index is 13.6. The molecule has 4 rings (SSSR count). The molecule has 0 saturated carbocycles. The third kappa shape index (κ3) is 4.00. The Morgan fingerprint density at radius 1 is 1.13 bits per heavy atom. The highest BCUT2D eigenvalue weighted by Crippen LogP contribution is 2.34. The van der Waals surface area contributed by atoms with Crippen LogP contribution in [0.3, 0.4) is 0 Å². The Morgan fingerprint density at radius 3 is 2.58 bits per heavy atom. The van der Waals surface area contributed by atoms with E-state index < -0.39 is 23.5 Å². The van der Waals surface area contributed by atoms with Gasteiger partial charge in [-0.2, -0.15) is 13.2 Å². The van der Waals surface area contributed by atoms with Crippen LogP contribution in [0.2, 0.25) is 0 Å². The fraction of sp³-hybridized carbons (Fsp3) is 0.211. The van der Waals surface area contributed by atoms with Crippen LogP contribution in [0, 0.1) is 5.82 Å². The van der Waals surface area contributed by atoms with Crippen LogP contribution in [0.15, 0.2) is 33.8 Å². The maximum atomic E-state index is 13.6. The number of thiophene rings is 1. The molecule has 3 aromatic heterocycles. The molecule has 0 aliphatic heterocycles. The van der Waals surface area contributed by atoms with Gasteiger partial charge >= 0.3 is 6.18 Å². The second kappa shape index (κ2) is 7.61. The van der Waals surface area contributed by atoms with Gasteiger partial charge in [-0.15, -0.1) is 22.7 Å². The average Bonchev–Trinajstić information content (AvgIpc) is 3.36. The number of anilines is 1. The van der Waals surface area contributed by atoms with Gasteiger partial charge in [0.25, 0.3) is 5.56 Å². The molecule has 4 aromatic rings. The molecular weight excluding hydrogens is 456 g/mol. The summed E-state index contributed by atoms with van der Waals surface area (Å²) >= 11 is 2.36. The molecule has 1 aromatic carbocycles. The molecule has 0 radical (unpaired) electrons. The molecule has 1 N–H and O–H groups in total. The van der Waals surface area contributed by atoms with Crippen LogP contribution in [0.1, 0.15) is 11.1 Å². The van der Waals surface area contributed by atoms with Gasteiger partial charge in [-0.25, -0.2) is 9.37 Å². The SMILES string of the molecule is Cn1c(=O)c2c(CC(=O)Nc3nc(-c4cc(F)cc(C(F)(F)F)c4)cs3)csc2n1C. The van der Waals surface area contributed by atoms with Crippen molar-refractivity contribution in [2.45, 2.75) is 12.6 Å². The van der Waals surface area contributed by atoms with E-state index >= 15 is 0 Å². The Kier molecular flexibility index (Phi) is 5.21. The number of carbonyl (C=O) groups excluding carboxylic acids is 1. The van der Waals surface area contributed by atoms with Gasteiger partial charge in [0.05, 0.1) is 23.1 Å². The number of aryl methyl sites for hydroxylation is 1. The topological polar surface area (TPSA) is 68.9 Å². The average molecular weight is 470 g/mol. The van der Waals surface area contributed by atoms with Crippen molar-refractivity contribution in [2.75, 3.05) is 5.32 Å². The van der Waals surface area contributed by atoms with Crippen LogP contribution < -0.4 is 10.9 Å². The highest BCUT2D eigenvalue weighted by Gasteiger charge is 2.31. The van der Waals surface area contributed by atoms with Crippen molar-refractivity contribution < 1.29 is 22.4 Å². The largest absolute Gasteiger partial charge is 0.416 e. The predicted molar refractivity (Wildman–Crippen MR) is 111 cm³/mol. The molecule has 0 bridgehead atoms. The number of amides is 1. The van der Waals surface area contributed by atoms with Crippen LogP contribution in [0.25, 0.3) is 21.5 Å². The van der Waals surface area contributed by atoms with Crippen molar-refractivity contribution in [3.05, 3.63) is 56.3 Å². The van der Waals surface area contributed by atoms with Gasteiger partial charge in [0.2, 0.25) is 5.91 Å². The maximum Gasteiger partial charge on any atom is 0.416 e. The summed E-state index contributed by atoms with van der Waals surface area (Å²) in [6, 6.07) is 2.16. The van der Waals surface area contributed by atoms with E-state index in [0.29, 0.717) is 17.0 Å². The molecule has 0 fully saturated rings. The molecule has 0 unspecified atom stereocenters. The number of carbonyl (C=O) groups is 1. The Hall–Kier alpha value is -2.99. The number of thiazole rings is 1. The number of alkyl halides is 3. The molecule has 0 atom stereocenters. The fourth-order valence-electron chi connectivity index (χ4n) is 3.11. The number of nitrogens with one attached hydrogen (secondary N) is 1. The second-order valence-electron chi connectivity index (χ2n) is 6.78. The number of benzene rings is 1. The molecule has 1 amide bonds. The third-order valence-corrected chi connectivity index (χ3v) is 6.57. The fourth-order valence-corrected chi connectivity index (χ4v) is 4.92. The number of halogens is 4. The molecular formula is C19H14F4N4O2S2. The lowest BCUT2D eigenvalue weighted by Gasteiger charge is -2.08. The molecule has 0 spiro atoms. The Morgan fingerprint density at radius 2 is 1.87 bits per heavy atom. The van der Waals surface area contributed by atoms with Gasteiger partial charge in [-0.1, -0.05) is 0 Å². The van der Waals surface area contributed by atoms with Crippen molar-refractivity contribution in [3.63, 3.8) is 0 Å². The summed E-state index contributed by atoms with van der Waals surface area (Å²) in [6.45, 7) is 0. The number of aromatic nitrogens is 3. The first-order chi connectivity index (χ1) is 14.5. The molecule has 31 heavy (non-hydrogen) atoms. The first kappa shape index (κ1) is 21.2. The van der Waals surface area contributed by atoms with Crippen LogP contribution in [0.5, 0.6) is 0 Å². The van der Waals surface area contributed by atoms with E-state index in [0.717, 1.165) is 28.3 Å². The van der Waals surface area contributed by atoms with Crippen molar-refractivity contribution in [1.82, 2.24) is 14.3 Å². The van der Waals surface area contributed by atoms with Crippen LogP contribution in [0.4, 0.5) is 22.7 Å². The summed E-state index contributed by atoms with van der Waals surface area (Å²) in [5, 5.41) is 6.38. The third-order valence-electron chi connectivity index (χ3n) is 4.72. The zero-order valence-electron chi connectivity index (χ0n) is 16.1. The van der Waals surface area contributed by atoms with Gasteiger partial charge in [0, 0.05) is 25.0 Å². The minimum absolute atomic E-state index is 0.0450. The van der Waals surface area contributed by atoms with Gasteiger partial charge in [0.1, 0.15) is 10.6 Å². The first-order valence-electron chi connectivity index (χ1n) is 8.80. The van der Waals surface area contributed by atoms with E-state index in [4.69, 9.17) is 0 Å². The van der Waals surface area contributed by atoms with Crippen LogP contribution in [-0.2, 0) is 31.5 Å². The van der Waals surface area contributed by atoms with E-state index in [1.807, 2.05) is 0 Å². The number of fused-ring (bicyclic) bond motifs is 1. The summed E-state index contributed by atoms with van der Waals surface area (Å²) in [4.78, 5) is 29.6. The summed E-state index contributed by atoms with van der Waals surface area (Å²) in [6.07, 6.45) is -4.75. The van der Waals surface area contributed by atoms with Crippen molar-refractivity contribution >= 4 is 43.9 Å². The molecule has 162 valence electrons. The molecule has 0 aliphatic rings. The summed E-state index contributed by atoms with van der Waals surface area (Å²) < 4.78 is 55.6. The standard InChI is InChI=1S/C19H14F4N4O2S2/c1-26-16(29)15-10(7-30-17(15)27(26)2)5-14(28)25-18-24-13(8-31-18)9-3-11(19(21,22)23)6-12(20)4-9/h3-4,6-8H,5H2,1-2H3,(H,24,25,28). The minimum atomic E-state index is -4.69. The van der Waals surface area contributed by atoms with Gasteiger partial charge in [-0.05, 0) is 29.1 Å². The van der Waals surface area contributed by atoms with E-state index in [1.165, 1.54) is 21.4 Å². The summed E-state index contributed by atoms with van der Waals surface area (Å²) in [7, 11) is 3.38. The highest BCUT2D eigenvalue weighted by atomic mass is 32.1. The number of nitrogens with zero attached hydrogens (tertiary/aromatic N) is 3. The predicted octanol–water partition coefficient (Wildman–Crippen LogP) is 4.40. The Labute approximate surface area is 180 Å². The summed E-state index contributed by atoms with van der Waals surface area (Å²) in [5.41, 5.74) is -0.677. The van der Waals surface area contributed by atoms with E-state index in [-0.39, 0.29) is 28.4 Å². The number of hydrogen-bond acceptors (Lipinski definition) is 5. The molecule has 3 heterocycles. The molecule has 6 nitrogen and oxygen atoms in total. The minimum Gasteiger partial charge on any atom is -0.302 e. The van der Waals surface area contributed by atoms with Crippen molar-refractivity contribution in [2.24, 2.45) is 14.1 Å². The lowest BCUT2D eigenvalue weighted by molar-refractivity contribution is -0.137. The Balaban J connectivity index is 1.54. The van der Waals surface area contributed by atoms with E-state index in [1.54, 1.807) is 24.2 Å². The molecule has 0 aliphatic carbocycles. The highest BCUT2D eigenvalue weighted by molar-refractivity contribution is 7.17. The van der Waals surface area contributed by atoms with Gasteiger partial charge in [0.15, 0.2) is 5.13 Å². The Bertz CT molecular complexity index is 1360. The van der Waals surface area contributed by atoms with E-state index in [9.17, 15) is 27.2 Å². The van der Waals surface area contributed by atoms with Crippen molar-refractivity contribution in [1.29, 1.82) is 0 Å². The monoisotopic (exact) mass is 470 g/mol. The summed E-state index contributed by atoms with van der Waals surface area (Å²) in [5.74, 6) is -1.46. The first-order valence-corrected chi connectivity index (χ1v) is 10.6. The van der Waals surface area contributed by atoms with Gasteiger partial charge < -0.3 is 5.32 Å². The second-order valence-corrected chi connectivity index (χ2v) is 8.50. The lowest BCUT2D eigenvalue weighted by Crippen LogP contribution is -2.18. The van der Waals surface area contributed by atoms with Crippen LogP contribution >= 0.6 is 22.7 Å². The normalized spacial score (nSPS) is 11.9. The number of hydrogen-bond donors (Lipinski definition) is 1. The smallest absolute Gasteiger partial charge is 0.302 e. The lowest BCUT2D eigenvalue weighted by atomic mass is 10.1. The zero-order chi connectivity index (χ0) is 22.5. The van der Waals surface area contributed by atoms with E-state index in [2.05, 4.69) is 10.3 Å².